The lowest BCUT2D eigenvalue weighted by Crippen LogP contribution is -1.89. The molecule has 0 bridgehead atoms. The van der Waals surface area contributed by atoms with Crippen molar-refractivity contribution in [3.63, 3.8) is 0 Å². The number of aryl methyl sites for hydroxylation is 4. The zero-order valence-electron chi connectivity index (χ0n) is 13.9. The van der Waals surface area contributed by atoms with Gasteiger partial charge in [0.1, 0.15) is 0 Å². The maximum Gasteiger partial charge on any atom is 0.0900 e. The Labute approximate surface area is 131 Å². The van der Waals surface area contributed by atoms with Crippen molar-refractivity contribution in [2.75, 3.05) is 0 Å². The normalized spacial score (nSPS) is 10.9. The summed E-state index contributed by atoms with van der Waals surface area (Å²) in [6.45, 7) is 17.1. The molecule has 0 spiro atoms. The molecule has 0 fully saturated rings. The van der Waals surface area contributed by atoms with E-state index in [1.165, 1.54) is 31.2 Å². The van der Waals surface area contributed by atoms with E-state index in [1.54, 1.807) is 11.3 Å². The Hall–Kier alpha value is -0.740. The maximum atomic E-state index is 4.43. The minimum absolute atomic E-state index is 0.574. The van der Waals surface area contributed by atoms with Crippen LogP contribution in [0.3, 0.4) is 0 Å². The van der Waals surface area contributed by atoms with E-state index in [2.05, 4.69) is 65.4 Å². The van der Waals surface area contributed by atoms with Gasteiger partial charge in [0.2, 0.25) is 0 Å². The first-order valence-corrected chi connectivity index (χ1v) is 8.73. The third-order valence-electron chi connectivity index (χ3n) is 2.95. The summed E-state index contributed by atoms with van der Waals surface area (Å²) in [5.74, 6) is 1.20. The van der Waals surface area contributed by atoms with Crippen molar-refractivity contribution in [2.24, 2.45) is 0 Å². The molecule has 0 saturated carbocycles. The number of rotatable bonds is 2. The van der Waals surface area contributed by atoms with E-state index < -0.39 is 0 Å². The van der Waals surface area contributed by atoms with Gasteiger partial charge in [-0.05, 0) is 39.5 Å². The first-order chi connectivity index (χ1) is 9.22. The quantitative estimate of drug-likeness (QED) is 0.704. The van der Waals surface area contributed by atoms with Crippen molar-refractivity contribution in [1.29, 1.82) is 0 Å². The van der Waals surface area contributed by atoms with Crippen LogP contribution >= 0.6 is 22.7 Å². The van der Waals surface area contributed by atoms with Gasteiger partial charge in [0.25, 0.3) is 0 Å². The zero-order valence-corrected chi connectivity index (χ0v) is 15.5. The zero-order chi connectivity index (χ0) is 15.4. The molecule has 0 aliphatic heterocycles. The Bertz CT molecular complexity index is 501. The minimum atomic E-state index is 0.574. The van der Waals surface area contributed by atoms with Gasteiger partial charge in [0.05, 0.1) is 21.4 Å². The van der Waals surface area contributed by atoms with Crippen molar-refractivity contribution in [3.8, 4) is 0 Å². The van der Waals surface area contributed by atoms with Gasteiger partial charge >= 0.3 is 0 Å². The fourth-order valence-corrected chi connectivity index (χ4v) is 4.07. The van der Waals surface area contributed by atoms with Crippen LogP contribution in [0, 0.1) is 27.7 Å². The molecule has 2 aromatic heterocycles. The molecule has 0 radical (unpaired) electrons. The van der Waals surface area contributed by atoms with Crippen LogP contribution in [0.1, 0.15) is 70.7 Å². The number of thiazole rings is 2. The Morgan fingerprint density at radius 2 is 1.30 bits per heavy atom. The van der Waals surface area contributed by atoms with Gasteiger partial charge in [0, 0.05) is 9.75 Å². The standard InChI is InChI=1S/2C8H13NS/c1-5(2)8-6(3)10-7(4)9-8;1-5(2)8-6(3)9-7(4)10-8/h2*5H,1-4H3. The van der Waals surface area contributed by atoms with Crippen LogP contribution < -0.4 is 0 Å². The highest BCUT2D eigenvalue weighted by Gasteiger charge is 2.07. The molecule has 0 saturated heterocycles. The summed E-state index contributed by atoms with van der Waals surface area (Å²) in [7, 11) is 0. The maximum absolute atomic E-state index is 4.43. The van der Waals surface area contributed by atoms with Gasteiger partial charge in [-0.1, -0.05) is 27.7 Å². The van der Waals surface area contributed by atoms with Crippen LogP contribution in [-0.4, -0.2) is 9.97 Å². The summed E-state index contributed by atoms with van der Waals surface area (Å²) < 4.78 is 0. The van der Waals surface area contributed by atoms with Crippen LogP contribution in [0.15, 0.2) is 0 Å². The molecule has 0 aliphatic rings. The molecule has 0 unspecified atom stereocenters. The fourth-order valence-electron chi connectivity index (χ4n) is 2.16. The Balaban J connectivity index is 0.000000200. The predicted molar refractivity (Wildman–Crippen MR) is 91.4 cm³/mol. The third-order valence-corrected chi connectivity index (χ3v) is 5.23. The number of hydrogen-bond acceptors (Lipinski definition) is 4. The lowest BCUT2D eigenvalue weighted by atomic mass is 10.1. The van der Waals surface area contributed by atoms with E-state index in [1.807, 2.05) is 11.3 Å². The van der Waals surface area contributed by atoms with E-state index in [0.717, 1.165) is 0 Å². The molecule has 20 heavy (non-hydrogen) atoms. The molecular weight excluding hydrogens is 284 g/mol. The van der Waals surface area contributed by atoms with E-state index in [0.29, 0.717) is 11.8 Å². The van der Waals surface area contributed by atoms with Gasteiger partial charge in [0.15, 0.2) is 0 Å². The summed E-state index contributed by atoms with van der Waals surface area (Å²) in [4.78, 5) is 11.6. The molecular formula is C16H26N2S2. The van der Waals surface area contributed by atoms with Crippen LogP contribution in [0.2, 0.25) is 0 Å². The molecule has 0 aromatic carbocycles. The summed E-state index contributed by atoms with van der Waals surface area (Å²) in [6.07, 6.45) is 0. The highest BCUT2D eigenvalue weighted by molar-refractivity contribution is 7.12. The van der Waals surface area contributed by atoms with Gasteiger partial charge in [-0.2, -0.15) is 0 Å². The molecule has 112 valence electrons. The van der Waals surface area contributed by atoms with Crippen molar-refractivity contribution < 1.29 is 0 Å². The molecule has 2 aromatic rings. The van der Waals surface area contributed by atoms with Crippen molar-refractivity contribution >= 4 is 22.7 Å². The molecule has 2 rings (SSSR count). The third kappa shape index (κ3) is 4.67. The van der Waals surface area contributed by atoms with Crippen molar-refractivity contribution in [2.45, 2.75) is 67.2 Å². The summed E-state index contributed by atoms with van der Waals surface area (Å²) in [5, 5.41) is 2.36. The first kappa shape index (κ1) is 17.3. The lowest BCUT2D eigenvalue weighted by Gasteiger charge is -1.99. The van der Waals surface area contributed by atoms with E-state index >= 15 is 0 Å². The molecule has 4 heteroatoms. The average Bonchev–Trinajstić information content (AvgIpc) is 2.82. The molecule has 0 amide bonds. The lowest BCUT2D eigenvalue weighted by molar-refractivity contribution is 0.820. The molecule has 2 nitrogen and oxygen atoms in total. The Morgan fingerprint density at radius 3 is 1.50 bits per heavy atom. The topological polar surface area (TPSA) is 25.8 Å². The second-order valence-electron chi connectivity index (χ2n) is 5.67. The fraction of sp³-hybridized carbons (Fsp3) is 0.625. The van der Waals surface area contributed by atoms with E-state index in [9.17, 15) is 0 Å². The van der Waals surface area contributed by atoms with E-state index in [4.69, 9.17) is 0 Å². The smallest absolute Gasteiger partial charge is 0.0900 e. The van der Waals surface area contributed by atoms with Crippen LogP contribution in [0.4, 0.5) is 0 Å². The van der Waals surface area contributed by atoms with Gasteiger partial charge < -0.3 is 0 Å². The first-order valence-electron chi connectivity index (χ1n) is 7.10. The minimum Gasteiger partial charge on any atom is -0.247 e. The summed E-state index contributed by atoms with van der Waals surface area (Å²) >= 11 is 3.60. The monoisotopic (exact) mass is 310 g/mol. The van der Waals surface area contributed by atoms with Gasteiger partial charge in [-0.15, -0.1) is 22.7 Å². The second-order valence-corrected chi connectivity index (χ2v) is 8.31. The molecule has 0 N–H and O–H groups in total. The average molecular weight is 311 g/mol. The highest BCUT2D eigenvalue weighted by atomic mass is 32.1. The van der Waals surface area contributed by atoms with Crippen LogP contribution in [0.25, 0.3) is 0 Å². The number of nitrogens with zero attached hydrogens (tertiary/aromatic N) is 2. The molecule has 0 aliphatic carbocycles. The van der Waals surface area contributed by atoms with Crippen LogP contribution in [-0.2, 0) is 0 Å². The SMILES string of the molecule is Cc1nc(C(C)C)c(C)s1.Cc1nc(C)c(C(C)C)s1. The van der Waals surface area contributed by atoms with E-state index in [-0.39, 0.29) is 0 Å². The summed E-state index contributed by atoms with van der Waals surface area (Å²) in [5.41, 5.74) is 2.47. The van der Waals surface area contributed by atoms with Crippen molar-refractivity contribution in [1.82, 2.24) is 9.97 Å². The number of aromatic nitrogens is 2. The highest BCUT2D eigenvalue weighted by Crippen LogP contribution is 2.25. The van der Waals surface area contributed by atoms with Gasteiger partial charge in [-0.3, -0.25) is 0 Å². The molecule has 0 atom stereocenters. The Morgan fingerprint density at radius 1 is 0.750 bits per heavy atom. The predicted octanol–water partition coefficient (Wildman–Crippen LogP) is 5.77. The van der Waals surface area contributed by atoms with Crippen molar-refractivity contribution in [3.05, 3.63) is 31.2 Å². The number of hydrogen-bond donors (Lipinski definition) is 0. The van der Waals surface area contributed by atoms with Crippen LogP contribution in [0.5, 0.6) is 0 Å². The summed E-state index contributed by atoms with van der Waals surface area (Å²) in [6, 6.07) is 0. The second kappa shape index (κ2) is 7.32. The largest absolute Gasteiger partial charge is 0.247 e. The van der Waals surface area contributed by atoms with Gasteiger partial charge in [-0.25, -0.2) is 9.97 Å². The Kier molecular flexibility index (Phi) is 6.34. The molecule has 2 heterocycles.